The number of aliphatic hydroxyl groups is 1. The molecule has 0 saturated carbocycles. The number of nitrogens with two attached hydrogens (primary N) is 3. The van der Waals surface area contributed by atoms with Gasteiger partial charge in [0.25, 0.3) is 0 Å². The van der Waals surface area contributed by atoms with Crippen molar-refractivity contribution in [2.75, 3.05) is 11.5 Å². The van der Waals surface area contributed by atoms with Crippen LogP contribution in [-0.2, 0) is 0 Å². The van der Waals surface area contributed by atoms with Gasteiger partial charge in [0, 0.05) is 6.04 Å². The van der Waals surface area contributed by atoms with Crippen LogP contribution in [0.2, 0.25) is 0 Å². The van der Waals surface area contributed by atoms with Gasteiger partial charge in [0.15, 0.2) is 0 Å². The molecule has 0 heterocycles. The average molecular weight is 181 g/mol. The van der Waals surface area contributed by atoms with Gasteiger partial charge in [-0.05, 0) is 24.6 Å². The van der Waals surface area contributed by atoms with Gasteiger partial charge in [0.1, 0.15) is 0 Å². The second-order valence-electron chi connectivity index (χ2n) is 3.19. The zero-order valence-electron chi connectivity index (χ0n) is 7.57. The Morgan fingerprint density at radius 2 is 1.85 bits per heavy atom. The summed E-state index contributed by atoms with van der Waals surface area (Å²) >= 11 is 0. The lowest BCUT2D eigenvalue weighted by Crippen LogP contribution is -2.24. The van der Waals surface area contributed by atoms with E-state index in [9.17, 15) is 5.11 Å². The second kappa shape index (κ2) is 3.64. The van der Waals surface area contributed by atoms with Crippen LogP contribution in [0.3, 0.4) is 0 Å². The molecular weight excluding hydrogens is 166 g/mol. The molecule has 7 N–H and O–H groups in total. The highest BCUT2D eigenvalue weighted by Gasteiger charge is 2.12. The van der Waals surface area contributed by atoms with Crippen LogP contribution < -0.4 is 17.2 Å². The van der Waals surface area contributed by atoms with Crippen LogP contribution in [-0.4, -0.2) is 11.1 Å². The van der Waals surface area contributed by atoms with Crippen molar-refractivity contribution in [3.63, 3.8) is 0 Å². The van der Waals surface area contributed by atoms with Crippen molar-refractivity contribution in [2.45, 2.75) is 19.1 Å². The highest BCUT2D eigenvalue weighted by atomic mass is 16.3. The molecule has 13 heavy (non-hydrogen) atoms. The van der Waals surface area contributed by atoms with Gasteiger partial charge in [-0.2, -0.15) is 0 Å². The zero-order valence-corrected chi connectivity index (χ0v) is 7.57. The van der Waals surface area contributed by atoms with E-state index in [1.54, 1.807) is 25.1 Å². The molecule has 72 valence electrons. The molecule has 0 aliphatic rings. The summed E-state index contributed by atoms with van der Waals surface area (Å²) < 4.78 is 0. The molecule has 0 aromatic heterocycles. The summed E-state index contributed by atoms with van der Waals surface area (Å²) in [6.45, 7) is 1.73. The van der Waals surface area contributed by atoms with E-state index in [0.717, 1.165) is 0 Å². The number of benzene rings is 1. The summed E-state index contributed by atoms with van der Waals surface area (Å²) in [7, 11) is 0. The highest BCUT2D eigenvalue weighted by Crippen LogP contribution is 2.22. The number of anilines is 2. The first-order chi connectivity index (χ1) is 6.02. The SMILES string of the molecule is CC(N)C(O)c1ccc(N)c(N)c1. The quantitative estimate of drug-likeness (QED) is 0.491. The smallest absolute Gasteiger partial charge is 0.0938 e. The molecule has 4 nitrogen and oxygen atoms in total. The number of nitrogen functional groups attached to an aromatic ring is 2. The lowest BCUT2D eigenvalue weighted by Gasteiger charge is -2.15. The van der Waals surface area contributed by atoms with Crippen molar-refractivity contribution < 1.29 is 5.11 Å². The Bertz CT molecular complexity index is 299. The fraction of sp³-hybridized carbons (Fsp3) is 0.333. The van der Waals surface area contributed by atoms with Crippen LogP contribution in [0.1, 0.15) is 18.6 Å². The van der Waals surface area contributed by atoms with Crippen molar-refractivity contribution in [1.29, 1.82) is 0 Å². The van der Waals surface area contributed by atoms with Crippen molar-refractivity contribution in [2.24, 2.45) is 5.73 Å². The normalized spacial score (nSPS) is 15.3. The Morgan fingerprint density at radius 3 is 2.31 bits per heavy atom. The molecular formula is C9H15N3O. The fourth-order valence-corrected chi connectivity index (χ4v) is 1.08. The molecule has 4 heteroatoms. The summed E-state index contributed by atoms with van der Waals surface area (Å²) in [6.07, 6.45) is -0.692. The molecule has 0 spiro atoms. The van der Waals surface area contributed by atoms with Crippen LogP contribution in [0.4, 0.5) is 11.4 Å². The predicted octanol–water partition coefficient (Wildman–Crippen LogP) is 0.232. The largest absolute Gasteiger partial charge is 0.397 e. The van der Waals surface area contributed by atoms with Gasteiger partial charge in [-0.3, -0.25) is 0 Å². The lowest BCUT2D eigenvalue weighted by molar-refractivity contribution is 0.153. The van der Waals surface area contributed by atoms with Gasteiger partial charge in [-0.1, -0.05) is 6.07 Å². The first-order valence-electron chi connectivity index (χ1n) is 4.11. The summed E-state index contributed by atoms with van der Waals surface area (Å²) in [6, 6.07) is 4.71. The number of rotatable bonds is 2. The molecule has 0 fully saturated rings. The third-order valence-electron chi connectivity index (χ3n) is 1.95. The van der Waals surface area contributed by atoms with E-state index >= 15 is 0 Å². The molecule has 0 aliphatic carbocycles. The minimum absolute atomic E-state index is 0.317. The first-order valence-corrected chi connectivity index (χ1v) is 4.11. The Kier molecular flexibility index (Phi) is 2.75. The van der Waals surface area contributed by atoms with Crippen LogP contribution in [0.5, 0.6) is 0 Å². The number of hydrogen-bond acceptors (Lipinski definition) is 4. The fourth-order valence-electron chi connectivity index (χ4n) is 1.08. The molecule has 0 bridgehead atoms. The van der Waals surface area contributed by atoms with Gasteiger partial charge in [-0.25, -0.2) is 0 Å². The monoisotopic (exact) mass is 181 g/mol. The third kappa shape index (κ3) is 2.11. The van der Waals surface area contributed by atoms with Crippen molar-refractivity contribution >= 4 is 11.4 Å². The van der Waals surface area contributed by atoms with Gasteiger partial charge in [0.05, 0.1) is 17.5 Å². The van der Waals surface area contributed by atoms with E-state index < -0.39 is 6.10 Å². The summed E-state index contributed by atoms with van der Waals surface area (Å²) in [5.41, 5.74) is 18.3. The maximum atomic E-state index is 9.59. The maximum absolute atomic E-state index is 9.59. The Balaban J connectivity index is 2.97. The minimum atomic E-state index is -0.692. The summed E-state index contributed by atoms with van der Waals surface area (Å²) in [5.74, 6) is 0. The lowest BCUT2D eigenvalue weighted by atomic mass is 10.0. The molecule has 1 aromatic carbocycles. The van der Waals surface area contributed by atoms with Gasteiger partial charge in [-0.15, -0.1) is 0 Å². The Morgan fingerprint density at radius 1 is 1.23 bits per heavy atom. The van der Waals surface area contributed by atoms with Crippen LogP contribution >= 0.6 is 0 Å². The molecule has 2 atom stereocenters. The van der Waals surface area contributed by atoms with E-state index in [1.165, 1.54) is 0 Å². The van der Waals surface area contributed by atoms with Crippen LogP contribution in [0.25, 0.3) is 0 Å². The molecule has 2 unspecified atom stereocenters. The van der Waals surface area contributed by atoms with Crippen LogP contribution in [0.15, 0.2) is 18.2 Å². The Labute approximate surface area is 77.3 Å². The van der Waals surface area contributed by atoms with Crippen molar-refractivity contribution in [1.82, 2.24) is 0 Å². The minimum Gasteiger partial charge on any atom is -0.397 e. The van der Waals surface area contributed by atoms with Crippen LogP contribution in [0, 0.1) is 0 Å². The van der Waals surface area contributed by atoms with E-state index in [2.05, 4.69) is 0 Å². The first kappa shape index (κ1) is 9.83. The highest BCUT2D eigenvalue weighted by molar-refractivity contribution is 5.64. The van der Waals surface area contributed by atoms with Gasteiger partial charge >= 0.3 is 0 Å². The predicted molar refractivity (Wildman–Crippen MR) is 53.9 cm³/mol. The second-order valence-corrected chi connectivity index (χ2v) is 3.19. The van der Waals surface area contributed by atoms with E-state index in [1.807, 2.05) is 0 Å². The van der Waals surface area contributed by atoms with Crippen molar-refractivity contribution in [3.05, 3.63) is 23.8 Å². The Hall–Kier alpha value is -1.26. The standard InChI is InChI=1S/C9H15N3O/c1-5(10)9(13)6-2-3-7(11)8(12)4-6/h2-5,9,13H,10-12H2,1H3. The van der Waals surface area contributed by atoms with Crippen molar-refractivity contribution in [3.8, 4) is 0 Å². The molecule has 0 radical (unpaired) electrons. The molecule has 0 aliphatic heterocycles. The van der Waals surface area contributed by atoms with Gasteiger partial charge in [0.2, 0.25) is 0 Å². The molecule has 1 rings (SSSR count). The molecule has 1 aromatic rings. The summed E-state index contributed by atoms with van der Waals surface area (Å²) in [5, 5.41) is 9.59. The molecule has 0 amide bonds. The molecule has 0 saturated heterocycles. The van der Waals surface area contributed by atoms with E-state index in [-0.39, 0.29) is 6.04 Å². The van der Waals surface area contributed by atoms with E-state index in [4.69, 9.17) is 17.2 Å². The van der Waals surface area contributed by atoms with E-state index in [0.29, 0.717) is 16.9 Å². The van der Waals surface area contributed by atoms with Gasteiger partial charge < -0.3 is 22.3 Å². The zero-order chi connectivity index (χ0) is 10.0. The average Bonchev–Trinajstić information content (AvgIpc) is 2.08. The maximum Gasteiger partial charge on any atom is 0.0938 e. The summed E-state index contributed by atoms with van der Waals surface area (Å²) in [4.78, 5) is 0. The third-order valence-corrected chi connectivity index (χ3v) is 1.95. The topological polar surface area (TPSA) is 98.3 Å². The number of aliphatic hydroxyl groups excluding tert-OH is 1. The number of hydrogen-bond donors (Lipinski definition) is 4.